The van der Waals surface area contributed by atoms with Gasteiger partial charge in [-0.3, -0.25) is 4.79 Å². The van der Waals surface area contributed by atoms with Crippen molar-refractivity contribution in [3.05, 3.63) is 29.8 Å². The SMILES string of the molecule is CC(C)N(C)CCCNC(=O)CCc1ccccc1N. The summed E-state index contributed by atoms with van der Waals surface area (Å²) in [7, 11) is 2.10. The average Bonchev–Trinajstić information content (AvgIpc) is 2.42. The number of hydrogen-bond acceptors (Lipinski definition) is 3. The molecule has 1 amide bonds. The monoisotopic (exact) mass is 277 g/mol. The van der Waals surface area contributed by atoms with E-state index in [0.29, 0.717) is 18.9 Å². The van der Waals surface area contributed by atoms with Crippen LogP contribution in [0.4, 0.5) is 5.69 Å². The summed E-state index contributed by atoms with van der Waals surface area (Å²) in [6.07, 6.45) is 2.17. The quantitative estimate of drug-likeness (QED) is 0.565. The standard InChI is InChI=1S/C16H27N3O/c1-13(2)19(3)12-6-11-18-16(20)10-9-14-7-4-5-8-15(14)17/h4-5,7-8,13H,6,9-12,17H2,1-3H3,(H,18,20). The van der Waals surface area contributed by atoms with Gasteiger partial charge in [0.05, 0.1) is 0 Å². The van der Waals surface area contributed by atoms with Crippen molar-refractivity contribution in [3.63, 3.8) is 0 Å². The summed E-state index contributed by atoms with van der Waals surface area (Å²) >= 11 is 0. The molecule has 112 valence electrons. The number of amides is 1. The molecule has 0 spiro atoms. The van der Waals surface area contributed by atoms with Crippen LogP contribution in [-0.2, 0) is 11.2 Å². The Hall–Kier alpha value is -1.55. The molecule has 0 saturated heterocycles. The molecule has 1 rings (SSSR count). The number of aryl methyl sites for hydroxylation is 1. The number of anilines is 1. The van der Waals surface area contributed by atoms with E-state index >= 15 is 0 Å². The van der Waals surface area contributed by atoms with Gasteiger partial charge in [-0.05, 0) is 51.9 Å². The van der Waals surface area contributed by atoms with E-state index in [4.69, 9.17) is 5.73 Å². The molecule has 4 nitrogen and oxygen atoms in total. The van der Waals surface area contributed by atoms with Gasteiger partial charge in [0.25, 0.3) is 0 Å². The zero-order chi connectivity index (χ0) is 15.0. The van der Waals surface area contributed by atoms with Crippen LogP contribution in [0.15, 0.2) is 24.3 Å². The average molecular weight is 277 g/mol. The molecule has 0 aliphatic rings. The summed E-state index contributed by atoms with van der Waals surface area (Å²) in [6.45, 7) is 6.08. The van der Waals surface area contributed by atoms with E-state index in [1.807, 2.05) is 24.3 Å². The minimum absolute atomic E-state index is 0.0976. The lowest BCUT2D eigenvalue weighted by atomic mass is 10.1. The first kappa shape index (κ1) is 16.5. The van der Waals surface area contributed by atoms with Crippen molar-refractivity contribution >= 4 is 11.6 Å². The minimum atomic E-state index is 0.0976. The Bertz CT molecular complexity index is 418. The maximum absolute atomic E-state index is 11.7. The molecule has 0 radical (unpaired) electrons. The summed E-state index contributed by atoms with van der Waals surface area (Å²) in [4.78, 5) is 14.0. The van der Waals surface area contributed by atoms with E-state index < -0.39 is 0 Å². The zero-order valence-electron chi connectivity index (χ0n) is 12.9. The van der Waals surface area contributed by atoms with Gasteiger partial charge in [-0.15, -0.1) is 0 Å². The lowest BCUT2D eigenvalue weighted by Crippen LogP contribution is -2.31. The maximum atomic E-state index is 11.7. The molecule has 0 aliphatic carbocycles. The van der Waals surface area contributed by atoms with E-state index in [9.17, 15) is 4.79 Å². The second-order valence-corrected chi connectivity index (χ2v) is 5.48. The molecule has 0 aromatic heterocycles. The van der Waals surface area contributed by atoms with Gasteiger partial charge in [-0.25, -0.2) is 0 Å². The molecule has 1 aromatic rings. The number of nitrogen functional groups attached to an aromatic ring is 1. The molecule has 4 heteroatoms. The number of rotatable bonds is 8. The predicted molar refractivity (Wildman–Crippen MR) is 84.6 cm³/mol. The van der Waals surface area contributed by atoms with Crippen molar-refractivity contribution < 1.29 is 4.79 Å². The Kier molecular flexibility index (Phi) is 7.09. The second-order valence-electron chi connectivity index (χ2n) is 5.48. The third-order valence-corrected chi connectivity index (χ3v) is 3.57. The zero-order valence-corrected chi connectivity index (χ0v) is 12.9. The summed E-state index contributed by atoms with van der Waals surface area (Å²) in [5, 5.41) is 2.96. The number of para-hydroxylation sites is 1. The van der Waals surface area contributed by atoms with E-state index in [-0.39, 0.29) is 5.91 Å². The fourth-order valence-electron chi connectivity index (χ4n) is 1.91. The number of nitrogens with zero attached hydrogens (tertiary/aromatic N) is 1. The van der Waals surface area contributed by atoms with Crippen LogP contribution in [0.2, 0.25) is 0 Å². The third-order valence-electron chi connectivity index (χ3n) is 3.57. The van der Waals surface area contributed by atoms with E-state index in [1.54, 1.807) is 0 Å². The van der Waals surface area contributed by atoms with Crippen molar-refractivity contribution in [2.45, 2.75) is 39.2 Å². The first-order valence-electron chi connectivity index (χ1n) is 7.31. The van der Waals surface area contributed by atoms with Gasteiger partial charge in [-0.2, -0.15) is 0 Å². The lowest BCUT2D eigenvalue weighted by Gasteiger charge is -2.20. The number of nitrogens with two attached hydrogens (primary N) is 1. The van der Waals surface area contributed by atoms with Crippen molar-refractivity contribution in [3.8, 4) is 0 Å². The number of nitrogens with one attached hydrogen (secondary N) is 1. The largest absolute Gasteiger partial charge is 0.399 e. The molecular weight excluding hydrogens is 250 g/mol. The first-order chi connectivity index (χ1) is 9.50. The summed E-state index contributed by atoms with van der Waals surface area (Å²) in [6, 6.07) is 8.25. The summed E-state index contributed by atoms with van der Waals surface area (Å²) < 4.78 is 0. The number of hydrogen-bond donors (Lipinski definition) is 2. The molecule has 0 unspecified atom stereocenters. The fourth-order valence-corrected chi connectivity index (χ4v) is 1.91. The summed E-state index contributed by atoms with van der Waals surface area (Å²) in [5.74, 6) is 0.0976. The van der Waals surface area contributed by atoms with Gasteiger partial charge >= 0.3 is 0 Å². The Morgan fingerprint density at radius 1 is 1.35 bits per heavy atom. The van der Waals surface area contributed by atoms with Crippen molar-refractivity contribution in [2.75, 3.05) is 25.9 Å². The minimum Gasteiger partial charge on any atom is -0.399 e. The van der Waals surface area contributed by atoms with Crippen LogP contribution in [-0.4, -0.2) is 37.0 Å². The maximum Gasteiger partial charge on any atom is 0.220 e. The lowest BCUT2D eigenvalue weighted by molar-refractivity contribution is -0.121. The van der Waals surface area contributed by atoms with Gasteiger partial charge in [0.1, 0.15) is 0 Å². The number of benzene rings is 1. The molecule has 0 fully saturated rings. The molecule has 0 heterocycles. The van der Waals surface area contributed by atoms with Crippen LogP contribution in [0, 0.1) is 0 Å². The van der Waals surface area contributed by atoms with Gasteiger partial charge in [0, 0.05) is 24.7 Å². The molecule has 20 heavy (non-hydrogen) atoms. The Morgan fingerprint density at radius 3 is 2.70 bits per heavy atom. The number of carbonyl (C=O) groups is 1. The Labute approximate surface area is 122 Å². The van der Waals surface area contributed by atoms with Crippen LogP contribution in [0.1, 0.15) is 32.3 Å². The topological polar surface area (TPSA) is 58.4 Å². The second kappa shape index (κ2) is 8.59. The van der Waals surface area contributed by atoms with Crippen LogP contribution >= 0.6 is 0 Å². The highest BCUT2D eigenvalue weighted by Gasteiger charge is 2.05. The molecule has 0 saturated carbocycles. The van der Waals surface area contributed by atoms with E-state index in [2.05, 4.69) is 31.1 Å². The van der Waals surface area contributed by atoms with Crippen LogP contribution in [0.3, 0.4) is 0 Å². The van der Waals surface area contributed by atoms with E-state index in [1.165, 1.54) is 0 Å². The smallest absolute Gasteiger partial charge is 0.220 e. The first-order valence-corrected chi connectivity index (χ1v) is 7.31. The molecule has 0 atom stereocenters. The van der Waals surface area contributed by atoms with Gasteiger partial charge < -0.3 is 16.0 Å². The fraction of sp³-hybridized carbons (Fsp3) is 0.562. The van der Waals surface area contributed by atoms with Crippen LogP contribution in [0.5, 0.6) is 0 Å². The third kappa shape index (κ3) is 6.06. The summed E-state index contributed by atoms with van der Waals surface area (Å²) in [5.41, 5.74) is 7.66. The highest BCUT2D eigenvalue weighted by Crippen LogP contribution is 2.12. The molecule has 0 bridgehead atoms. The van der Waals surface area contributed by atoms with Crippen molar-refractivity contribution in [1.82, 2.24) is 10.2 Å². The van der Waals surface area contributed by atoms with Gasteiger partial charge in [0.2, 0.25) is 5.91 Å². The number of carbonyl (C=O) groups excluding carboxylic acids is 1. The van der Waals surface area contributed by atoms with Crippen molar-refractivity contribution in [2.24, 2.45) is 0 Å². The van der Waals surface area contributed by atoms with Crippen LogP contribution in [0.25, 0.3) is 0 Å². The molecular formula is C16H27N3O. The normalized spacial score (nSPS) is 11.1. The Morgan fingerprint density at radius 2 is 2.05 bits per heavy atom. The molecule has 1 aromatic carbocycles. The molecule has 3 N–H and O–H groups in total. The van der Waals surface area contributed by atoms with Gasteiger partial charge in [-0.1, -0.05) is 18.2 Å². The predicted octanol–water partition coefficient (Wildman–Crippen LogP) is 2.05. The van der Waals surface area contributed by atoms with Crippen LogP contribution < -0.4 is 11.1 Å². The highest BCUT2D eigenvalue weighted by atomic mass is 16.1. The molecule has 0 aliphatic heterocycles. The van der Waals surface area contributed by atoms with E-state index in [0.717, 1.165) is 30.8 Å². The van der Waals surface area contributed by atoms with Gasteiger partial charge in [0.15, 0.2) is 0 Å². The van der Waals surface area contributed by atoms with Crippen molar-refractivity contribution in [1.29, 1.82) is 0 Å². The Balaban J connectivity index is 2.17. The highest BCUT2D eigenvalue weighted by molar-refractivity contribution is 5.76.